The fraction of sp³-hybridized carbons (Fsp3) is 1.00. The summed E-state index contributed by atoms with van der Waals surface area (Å²) in [5.41, 5.74) is 0. The standard InChI is InChI=1S/C17H35NO/c1-2-3-4-5-6-7-8-12-15-18(19)16-17-13-10-9-11-14-17/h17,19H,2-16H2,1H3. The normalized spacial score (nSPS) is 17.2. The third-order valence-corrected chi connectivity index (χ3v) is 4.46. The Morgan fingerprint density at radius 2 is 1.42 bits per heavy atom. The van der Waals surface area contributed by atoms with Gasteiger partial charge in [0.25, 0.3) is 0 Å². The van der Waals surface area contributed by atoms with E-state index in [0.29, 0.717) is 0 Å². The molecule has 1 rings (SSSR count). The maximum atomic E-state index is 9.91. The Hall–Kier alpha value is -0.0800. The molecule has 0 heterocycles. The van der Waals surface area contributed by atoms with Gasteiger partial charge in [-0.2, -0.15) is 5.06 Å². The highest BCUT2D eigenvalue weighted by molar-refractivity contribution is 4.67. The van der Waals surface area contributed by atoms with E-state index in [4.69, 9.17) is 0 Å². The molecule has 0 unspecified atom stereocenters. The van der Waals surface area contributed by atoms with Gasteiger partial charge in [-0.05, 0) is 25.2 Å². The summed E-state index contributed by atoms with van der Waals surface area (Å²) in [4.78, 5) is 0. The predicted molar refractivity (Wildman–Crippen MR) is 82.5 cm³/mol. The van der Waals surface area contributed by atoms with E-state index in [0.717, 1.165) is 25.4 Å². The van der Waals surface area contributed by atoms with Gasteiger partial charge in [-0.25, -0.2) is 0 Å². The van der Waals surface area contributed by atoms with Crippen molar-refractivity contribution < 1.29 is 5.21 Å². The summed E-state index contributed by atoms with van der Waals surface area (Å²) in [6, 6.07) is 0. The summed E-state index contributed by atoms with van der Waals surface area (Å²) in [5.74, 6) is 0.757. The first-order valence-electron chi connectivity index (χ1n) is 8.76. The van der Waals surface area contributed by atoms with Crippen LogP contribution in [0.5, 0.6) is 0 Å². The molecule has 0 aliphatic heterocycles. The fourth-order valence-electron chi connectivity index (χ4n) is 3.19. The molecule has 0 spiro atoms. The lowest BCUT2D eigenvalue weighted by molar-refractivity contribution is -0.105. The number of hydrogen-bond acceptors (Lipinski definition) is 2. The smallest absolute Gasteiger partial charge is 0.0266 e. The lowest BCUT2D eigenvalue weighted by Gasteiger charge is -2.25. The van der Waals surface area contributed by atoms with Gasteiger partial charge in [0.05, 0.1) is 0 Å². The van der Waals surface area contributed by atoms with Crippen LogP contribution in [0.25, 0.3) is 0 Å². The van der Waals surface area contributed by atoms with E-state index < -0.39 is 0 Å². The number of hydroxylamine groups is 2. The SMILES string of the molecule is CCCCCCCCCCN(O)CC1CCCCC1. The number of unbranched alkanes of at least 4 members (excludes halogenated alkanes) is 7. The third kappa shape index (κ3) is 9.45. The molecule has 1 fully saturated rings. The number of hydrogen-bond donors (Lipinski definition) is 1. The Morgan fingerprint density at radius 1 is 0.842 bits per heavy atom. The third-order valence-electron chi connectivity index (χ3n) is 4.46. The lowest BCUT2D eigenvalue weighted by atomic mass is 9.89. The number of nitrogens with zero attached hydrogens (tertiary/aromatic N) is 1. The Bertz CT molecular complexity index is 190. The van der Waals surface area contributed by atoms with E-state index in [1.807, 2.05) is 0 Å². The molecule has 1 saturated carbocycles. The maximum absolute atomic E-state index is 9.91. The second kappa shape index (κ2) is 11.7. The molecule has 0 atom stereocenters. The topological polar surface area (TPSA) is 23.5 Å². The van der Waals surface area contributed by atoms with Crippen LogP contribution < -0.4 is 0 Å². The summed E-state index contributed by atoms with van der Waals surface area (Å²) in [6.45, 7) is 4.06. The first-order chi connectivity index (χ1) is 9.33. The number of rotatable bonds is 11. The Kier molecular flexibility index (Phi) is 10.5. The van der Waals surface area contributed by atoms with Crippen LogP contribution in [0.1, 0.15) is 90.4 Å². The fourth-order valence-corrected chi connectivity index (χ4v) is 3.19. The lowest BCUT2D eigenvalue weighted by Crippen LogP contribution is -2.28. The van der Waals surface area contributed by atoms with Gasteiger partial charge in [-0.15, -0.1) is 0 Å². The molecule has 1 aliphatic carbocycles. The van der Waals surface area contributed by atoms with E-state index >= 15 is 0 Å². The molecule has 1 aliphatic rings. The summed E-state index contributed by atoms with van der Waals surface area (Å²) in [6.07, 6.45) is 17.5. The monoisotopic (exact) mass is 269 g/mol. The Morgan fingerprint density at radius 3 is 2.05 bits per heavy atom. The van der Waals surface area contributed by atoms with Crippen molar-refractivity contribution in [1.82, 2.24) is 5.06 Å². The van der Waals surface area contributed by atoms with Gasteiger partial charge in [0.1, 0.15) is 0 Å². The predicted octanol–water partition coefficient (Wildman–Crippen LogP) is 5.40. The van der Waals surface area contributed by atoms with Crippen LogP contribution in [0.2, 0.25) is 0 Å². The van der Waals surface area contributed by atoms with Crippen LogP contribution in [0.3, 0.4) is 0 Å². The zero-order valence-corrected chi connectivity index (χ0v) is 13.1. The second-order valence-electron chi connectivity index (χ2n) is 6.39. The van der Waals surface area contributed by atoms with E-state index in [9.17, 15) is 5.21 Å². The molecule has 2 nitrogen and oxygen atoms in total. The van der Waals surface area contributed by atoms with Gasteiger partial charge in [0.2, 0.25) is 0 Å². The molecule has 0 amide bonds. The van der Waals surface area contributed by atoms with E-state index in [-0.39, 0.29) is 0 Å². The van der Waals surface area contributed by atoms with Crippen LogP contribution >= 0.6 is 0 Å². The molecular formula is C17H35NO. The van der Waals surface area contributed by atoms with Crippen LogP contribution in [-0.2, 0) is 0 Å². The summed E-state index contributed by atoms with van der Waals surface area (Å²) < 4.78 is 0. The van der Waals surface area contributed by atoms with Crippen LogP contribution in [0, 0.1) is 5.92 Å². The van der Waals surface area contributed by atoms with Crippen molar-refractivity contribution in [2.24, 2.45) is 5.92 Å². The molecule has 19 heavy (non-hydrogen) atoms. The highest BCUT2D eigenvalue weighted by atomic mass is 16.5. The van der Waals surface area contributed by atoms with Gasteiger partial charge >= 0.3 is 0 Å². The average Bonchev–Trinajstić information content (AvgIpc) is 2.43. The van der Waals surface area contributed by atoms with E-state index in [2.05, 4.69) is 6.92 Å². The zero-order chi connectivity index (χ0) is 13.8. The van der Waals surface area contributed by atoms with Crippen molar-refractivity contribution in [1.29, 1.82) is 0 Å². The summed E-state index contributed by atoms with van der Waals surface area (Å²) >= 11 is 0. The van der Waals surface area contributed by atoms with Crippen LogP contribution in [-0.4, -0.2) is 23.4 Å². The first kappa shape index (κ1) is 17.0. The molecule has 2 heteroatoms. The van der Waals surface area contributed by atoms with Crippen LogP contribution in [0.15, 0.2) is 0 Å². The molecule has 0 bridgehead atoms. The largest absolute Gasteiger partial charge is 0.314 e. The highest BCUT2D eigenvalue weighted by Gasteiger charge is 2.15. The van der Waals surface area contributed by atoms with Crippen molar-refractivity contribution in [3.63, 3.8) is 0 Å². The maximum Gasteiger partial charge on any atom is 0.0266 e. The van der Waals surface area contributed by atoms with Gasteiger partial charge in [-0.1, -0.05) is 71.1 Å². The zero-order valence-electron chi connectivity index (χ0n) is 13.1. The molecule has 0 aromatic heterocycles. The molecule has 114 valence electrons. The average molecular weight is 269 g/mol. The van der Waals surface area contributed by atoms with Crippen molar-refractivity contribution >= 4 is 0 Å². The van der Waals surface area contributed by atoms with Crippen molar-refractivity contribution in [2.75, 3.05) is 13.1 Å². The second-order valence-corrected chi connectivity index (χ2v) is 6.39. The van der Waals surface area contributed by atoms with Crippen molar-refractivity contribution in [3.05, 3.63) is 0 Å². The van der Waals surface area contributed by atoms with E-state index in [1.165, 1.54) is 77.0 Å². The molecule has 0 aromatic rings. The summed E-state index contributed by atoms with van der Waals surface area (Å²) in [7, 11) is 0. The van der Waals surface area contributed by atoms with Gasteiger partial charge < -0.3 is 5.21 Å². The highest BCUT2D eigenvalue weighted by Crippen LogP contribution is 2.24. The van der Waals surface area contributed by atoms with Gasteiger partial charge in [0, 0.05) is 13.1 Å². The van der Waals surface area contributed by atoms with E-state index in [1.54, 1.807) is 5.06 Å². The summed E-state index contributed by atoms with van der Waals surface area (Å²) in [5, 5.41) is 11.5. The minimum absolute atomic E-state index is 0.757. The van der Waals surface area contributed by atoms with Gasteiger partial charge in [-0.3, -0.25) is 0 Å². The molecule has 0 aromatic carbocycles. The van der Waals surface area contributed by atoms with Crippen molar-refractivity contribution in [2.45, 2.75) is 90.4 Å². The van der Waals surface area contributed by atoms with Gasteiger partial charge in [0.15, 0.2) is 0 Å². The van der Waals surface area contributed by atoms with Crippen LogP contribution in [0.4, 0.5) is 0 Å². The molecule has 0 radical (unpaired) electrons. The molecule has 1 N–H and O–H groups in total. The molecule has 0 saturated heterocycles. The minimum atomic E-state index is 0.757. The first-order valence-corrected chi connectivity index (χ1v) is 8.76. The quantitative estimate of drug-likeness (QED) is 0.401. The molecular weight excluding hydrogens is 234 g/mol. The van der Waals surface area contributed by atoms with Crippen molar-refractivity contribution in [3.8, 4) is 0 Å². The Balaban J connectivity index is 1.85. The Labute approximate surface area is 120 Å². The minimum Gasteiger partial charge on any atom is -0.314 e.